The Morgan fingerprint density at radius 2 is 2.17 bits per heavy atom. The summed E-state index contributed by atoms with van der Waals surface area (Å²) >= 11 is 0. The minimum absolute atomic E-state index is 0.481. The molecule has 0 saturated carbocycles. The molecule has 0 radical (unpaired) electrons. The number of hydrogen-bond acceptors (Lipinski definition) is 4. The molecule has 0 aliphatic heterocycles. The predicted molar refractivity (Wildman–Crippen MR) is 67.0 cm³/mol. The van der Waals surface area contributed by atoms with E-state index in [4.69, 9.17) is 4.42 Å². The molecule has 4 heteroatoms. The second-order valence-corrected chi connectivity index (χ2v) is 4.17. The van der Waals surface area contributed by atoms with E-state index in [1.165, 1.54) is 6.20 Å². The number of hydrogen-bond donors (Lipinski definition) is 1. The van der Waals surface area contributed by atoms with E-state index in [0.29, 0.717) is 11.5 Å². The van der Waals surface area contributed by atoms with Crippen molar-refractivity contribution in [1.82, 2.24) is 9.97 Å². The number of furan rings is 1. The summed E-state index contributed by atoms with van der Waals surface area (Å²) in [5.74, 6) is 0.486. The van der Waals surface area contributed by atoms with Crippen LogP contribution in [0.15, 0.2) is 47.3 Å². The number of nitrogens with zero attached hydrogens (tertiary/aromatic N) is 2. The number of aliphatic hydroxyl groups excluding tert-OH is 1. The van der Waals surface area contributed by atoms with Crippen molar-refractivity contribution in [2.45, 2.75) is 13.0 Å². The molecule has 1 N–H and O–H groups in total. The molecule has 0 saturated heterocycles. The Hall–Kier alpha value is -2.20. The van der Waals surface area contributed by atoms with Gasteiger partial charge in [-0.2, -0.15) is 0 Å². The summed E-state index contributed by atoms with van der Waals surface area (Å²) in [4.78, 5) is 8.01. The van der Waals surface area contributed by atoms with E-state index in [-0.39, 0.29) is 0 Å². The number of rotatable bonds is 2. The zero-order valence-electron chi connectivity index (χ0n) is 9.87. The number of para-hydroxylation sites is 1. The van der Waals surface area contributed by atoms with Gasteiger partial charge in [0.15, 0.2) is 6.10 Å². The van der Waals surface area contributed by atoms with Crippen molar-refractivity contribution in [3.63, 3.8) is 0 Å². The van der Waals surface area contributed by atoms with E-state index in [2.05, 4.69) is 9.97 Å². The third-order valence-electron chi connectivity index (χ3n) is 2.89. The van der Waals surface area contributed by atoms with E-state index in [0.717, 1.165) is 16.5 Å². The molecular formula is C14H12N2O2. The molecule has 0 aliphatic rings. The van der Waals surface area contributed by atoms with Gasteiger partial charge in [0.25, 0.3) is 0 Å². The molecule has 3 aromatic rings. The lowest BCUT2D eigenvalue weighted by atomic mass is 10.1. The standard InChI is InChI=1S/C14H12N2O2/c1-9-3-2-4-10-7-12(18-14(9)10)13(17)11-8-15-5-6-16-11/h2-8,13,17H,1H3. The van der Waals surface area contributed by atoms with Crippen LogP contribution in [0.4, 0.5) is 0 Å². The first-order chi connectivity index (χ1) is 8.75. The van der Waals surface area contributed by atoms with Gasteiger partial charge in [-0.15, -0.1) is 0 Å². The smallest absolute Gasteiger partial charge is 0.155 e. The van der Waals surface area contributed by atoms with Gasteiger partial charge in [-0.25, -0.2) is 0 Å². The highest BCUT2D eigenvalue weighted by Gasteiger charge is 2.17. The number of aliphatic hydroxyl groups is 1. The van der Waals surface area contributed by atoms with E-state index in [1.807, 2.05) is 31.2 Å². The molecule has 18 heavy (non-hydrogen) atoms. The summed E-state index contributed by atoms with van der Waals surface area (Å²) in [7, 11) is 0. The van der Waals surface area contributed by atoms with Crippen LogP contribution in [-0.2, 0) is 0 Å². The summed E-state index contributed by atoms with van der Waals surface area (Å²) in [5, 5.41) is 11.2. The second kappa shape index (κ2) is 4.23. The molecule has 0 aliphatic carbocycles. The lowest BCUT2D eigenvalue weighted by molar-refractivity contribution is 0.187. The average molecular weight is 240 g/mol. The Kier molecular flexibility index (Phi) is 2.57. The Bertz CT molecular complexity index is 677. The van der Waals surface area contributed by atoms with Crippen LogP contribution in [-0.4, -0.2) is 15.1 Å². The highest BCUT2D eigenvalue weighted by Crippen LogP contribution is 2.28. The minimum atomic E-state index is -0.884. The molecule has 1 unspecified atom stereocenters. The maximum atomic E-state index is 10.2. The molecule has 2 heterocycles. The quantitative estimate of drug-likeness (QED) is 0.748. The van der Waals surface area contributed by atoms with Crippen molar-refractivity contribution in [3.05, 3.63) is 59.9 Å². The van der Waals surface area contributed by atoms with Gasteiger partial charge in [0.05, 0.1) is 11.9 Å². The summed E-state index contributed by atoms with van der Waals surface area (Å²) < 4.78 is 5.70. The van der Waals surface area contributed by atoms with Crippen molar-refractivity contribution in [2.75, 3.05) is 0 Å². The van der Waals surface area contributed by atoms with Gasteiger partial charge in [0, 0.05) is 17.8 Å². The van der Waals surface area contributed by atoms with Gasteiger partial charge >= 0.3 is 0 Å². The molecule has 90 valence electrons. The van der Waals surface area contributed by atoms with Crippen molar-refractivity contribution < 1.29 is 9.52 Å². The third kappa shape index (κ3) is 1.76. The van der Waals surface area contributed by atoms with Gasteiger partial charge in [0.2, 0.25) is 0 Å². The Morgan fingerprint density at radius 3 is 2.89 bits per heavy atom. The average Bonchev–Trinajstić information content (AvgIpc) is 2.84. The first kappa shape index (κ1) is 10.9. The van der Waals surface area contributed by atoms with E-state index >= 15 is 0 Å². The SMILES string of the molecule is Cc1cccc2cc(C(O)c3cnccn3)oc12. The zero-order valence-corrected chi connectivity index (χ0v) is 9.87. The largest absolute Gasteiger partial charge is 0.458 e. The van der Waals surface area contributed by atoms with Crippen molar-refractivity contribution >= 4 is 11.0 Å². The highest BCUT2D eigenvalue weighted by molar-refractivity contribution is 5.81. The molecule has 4 nitrogen and oxygen atoms in total. The minimum Gasteiger partial charge on any atom is -0.458 e. The molecule has 2 aromatic heterocycles. The normalized spacial score (nSPS) is 12.8. The van der Waals surface area contributed by atoms with Gasteiger partial charge in [-0.05, 0) is 18.6 Å². The molecule has 0 bridgehead atoms. The summed E-state index contributed by atoms with van der Waals surface area (Å²) in [6.45, 7) is 1.98. The van der Waals surface area contributed by atoms with Crippen LogP contribution in [0.1, 0.15) is 23.1 Å². The topological polar surface area (TPSA) is 59.2 Å². The molecule has 0 fully saturated rings. The summed E-state index contributed by atoms with van der Waals surface area (Å²) in [6, 6.07) is 7.73. The Balaban J connectivity index is 2.07. The Labute approximate surface area is 104 Å². The van der Waals surface area contributed by atoms with E-state index < -0.39 is 6.10 Å². The van der Waals surface area contributed by atoms with Crippen LogP contribution in [0.5, 0.6) is 0 Å². The summed E-state index contributed by atoms with van der Waals surface area (Å²) in [5.41, 5.74) is 2.33. The number of aryl methyl sites for hydroxylation is 1. The van der Waals surface area contributed by atoms with Crippen molar-refractivity contribution in [1.29, 1.82) is 0 Å². The third-order valence-corrected chi connectivity index (χ3v) is 2.89. The fraction of sp³-hybridized carbons (Fsp3) is 0.143. The van der Waals surface area contributed by atoms with Gasteiger partial charge < -0.3 is 9.52 Å². The fourth-order valence-electron chi connectivity index (χ4n) is 1.96. The molecule has 3 rings (SSSR count). The van der Waals surface area contributed by atoms with Gasteiger partial charge in [-0.3, -0.25) is 9.97 Å². The molecular weight excluding hydrogens is 228 g/mol. The molecule has 0 amide bonds. The van der Waals surface area contributed by atoms with Crippen molar-refractivity contribution in [3.8, 4) is 0 Å². The lowest BCUT2D eigenvalue weighted by Gasteiger charge is -2.05. The maximum Gasteiger partial charge on any atom is 0.155 e. The Morgan fingerprint density at radius 1 is 1.28 bits per heavy atom. The first-order valence-corrected chi connectivity index (χ1v) is 5.69. The number of fused-ring (bicyclic) bond motifs is 1. The van der Waals surface area contributed by atoms with Crippen LogP contribution in [0.2, 0.25) is 0 Å². The predicted octanol–water partition coefficient (Wildman–Crippen LogP) is 2.61. The van der Waals surface area contributed by atoms with Crippen LogP contribution in [0.3, 0.4) is 0 Å². The number of aromatic nitrogens is 2. The highest BCUT2D eigenvalue weighted by atomic mass is 16.4. The van der Waals surface area contributed by atoms with Crippen LogP contribution < -0.4 is 0 Å². The number of benzene rings is 1. The van der Waals surface area contributed by atoms with Gasteiger partial charge in [0.1, 0.15) is 11.3 Å². The second-order valence-electron chi connectivity index (χ2n) is 4.17. The fourth-order valence-corrected chi connectivity index (χ4v) is 1.96. The van der Waals surface area contributed by atoms with Crippen LogP contribution >= 0.6 is 0 Å². The molecule has 1 aromatic carbocycles. The van der Waals surface area contributed by atoms with Crippen LogP contribution in [0.25, 0.3) is 11.0 Å². The molecule has 1 atom stereocenters. The lowest BCUT2D eigenvalue weighted by Crippen LogP contribution is -2.00. The zero-order chi connectivity index (χ0) is 12.5. The van der Waals surface area contributed by atoms with Gasteiger partial charge in [-0.1, -0.05) is 18.2 Å². The molecule has 0 spiro atoms. The first-order valence-electron chi connectivity index (χ1n) is 5.69. The van der Waals surface area contributed by atoms with Crippen molar-refractivity contribution in [2.24, 2.45) is 0 Å². The maximum absolute atomic E-state index is 10.2. The summed E-state index contributed by atoms with van der Waals surface area (Å²) in [6.07, 6.45) is 3.77. The van der Waals surface area contributed by atoms with E-state index in [9.17, 15) is 5.11 Å². The van der Waals surface area contributed by atoms with E-state index in [1.54, 1.807) is 12.4 Å². The monoisotopic (exact) mass is 240 g/mol. The van der Waals surface area contributed by atoms with Crippen LogP contribution in [0, 0.1) is 6.92 Å².